The van der Waals surface area contributed by atoms with Crippen molar-refractivity contribution >= 4 is 40.7 Å². The van der Waals surface area contributed by atoms with Crippen molar-refractivity contribution in [3.8, 4) is 0 Å². The number of carbonyl (C=O) groups excluding carboxylic acids is 3. The molecule has 0 bridgehead atoms. The second kappa shape index (κ2) is 16.3. The van der Waals surface area contributed by atoms with Gasteiger partial charge in [-0.15, -0.1) is 0 Å². The van der Waals surface area contributed by atoms with Crippen molar-refractivity contribution in [3.05, 3.63) is 117 Å². The van der Waals surface area contributed by atoms with E-state index in [1.165, 1.54) is 49.1 Å². The maximum atomic E-state index is 13.4. The number of alkyl halides is 2. The summed E-state index contributed by atoms with van der Waals surface area (Å²) < 4.78 is 50.9. The SMILES string of the molecule is NCC(=O)c1cnc(CC2(c3ccc(F)cc3Cl)CCC2)nc1.O=C(CNC(=O)C(F)F)c1cnc(CC2(c3ccc(F)cc3Cl)CCC2)nc1. The van der Waals surface area contributed by atoms with Gasteiger partial charge in [-0.1, -0.05) is 48.2 Å². The third-order valence-electron chi connectivity index (χ3n) is 9.48. The van der Waals surface area contributed by atoms with Crippen LogP contribution in [0.15, 0.2) is 61.2 Å². The van der Waals surface area contributed by atoms with Gasteiger partial charge in [0.1, 0.15) is 23.3 Å². The van der Waals surface area contributed by atoms with Crippen molar-refractivity contribution in [3.63, 3.8) is 0 Å². The van der Waals surface area contributed by atoms with Crippen molar-refractivity contribution in [1.82, 2.24) is 25.3 Å². The van der Waals surface area contributed by atoms with E-state index in [-0.39, 0.29) is 34.5 Å². The van der Waals surface area contributed by atoms with Crippen molar-refractivity contribution in [2.75, 3.05) is 13.1 Å². The molecule has 2 aliphatic carbocycles. The van der Waals surface area contributed by atoms with E-state index in [1.807, 2.05) is 5.32 Å². The van der Waals surface area contributed by atoms with Gasteiger partial charge in [-0.25, -0.2) is 28.7 Å². The fourth-order valence-corrected chi connectivity index (χ4v) is 7.11. The molecule has 0 aliphatic heterocycles. The fraction of sp³-hybridized carbons (Fsp3) is 0.361. The maximum Gasteiger partial charge on any atom is 0.315 e. The highest BCUT2D eigenvalue weighted by Gasteiger charge is 2.42. The highest BCUT2D eigenvalue weighted by atomic mass is 35.5. The zero-order chi connectivity index (χ0) is 36.8. The van der Waals surface area contributed by atoms with Gasteiger partial charge in [0.2, 0.25) is 0 Å². The lowest BCUT2D eigenvalue weighted by Gasteiger charge is -2.42. The number of Topliss-reactive ketones (excluding diaryl/α,β-unsaturated/α-hetero) is 2. The predicted octanol–water partition coefficient (Wildman–Crippen LogP) is 6.57. The van der Waals surface area contributed by atoms with Crippen LogP contribution in [0.2, 0.25) is 10.0 Å². The van der Waals surface area contributed by atoms with Crippen LogP contribution in [-0.4, -0.2) is 56.9 Å². The molecule has 51 heavy (non-hydrogen) atoms. The highest BCUT2D eigenvalue weighted by Crippen LogP contribution is 2.49. The van der Waals surface area contributed by atoms with E-state index in [0.29, 0.717) is 40.1 Å². The van der Waals surface area contributed by atoms with Crippen molar-refractivity contribution in [1.29, 1.82) is 0 Å². The average Bonchev–Trinajstić information content (AvgIpc) is 3.08. The Balaban J connectivity index is 0.000000201. The average molecular weight is 746 g/mol. The lowest BCUT2D eigenvalue weighted by atomic mass is 9.62. The second-order valence-corrected chi connectivity index (χ2v) is 13.5. The summed E-state index contributed by atoms with van der Waals surface area (Å²) in [7, 11) is 0. The van der Waals surface area contributed by atoms with Crippen LogP contribution in [0.25, 0.3) is 0 Å². The minimum Gasteiger partial charge on any atom is -0.344 e. The molecule has 0 atom stereocenters. The summed E-state index contributed by atoms with van der Waals surface area (Å²) in [6, 6.07) is 8.88. The molecule has 2 aromatic carbocycles. The lowest BCUT2D eigenvalue weighted by molar-refractivity contribution is -0.131. The molecular weight excluding hydrogens is 711 g/mol. The number of benzene rings is 2. The van der Waals surface area contributed by atoms with Crippen LogP contribution in [0.4, 0.5) is 17.6 Å². The molecule has 2 aromatic heterocycles. The van der Waals surface area contributed by atoms with Gasteiger partial charge in [-0.05, 0) is 61.1 Å². The zero-order valence-corrected chi connectivity index (χ0v) is 28.8. The first-order valence-electron chi connectivity index (χ1n) is 16.2. The smallest absolute Gasteiger partial charge is 0.315 e. The van der Waals surface area contributed by atoms with Gasteiger partial charge in [-0.3, -0.25) is 14.4 Å². The van der Waals surface area contributed by atoms with E-state index in [1.54, 1.807) is 12.1 Å². The number of rotatable bonds is 12. The zero-order valence-electron chi connectivity index (χ0n) is 27.3. The molecule has 0 saturated heterocycles. The molecule has 4 aromatic rings. The fourth-order valence-electron chi connectivity index (χ4n) is 6.38. The summed E-state index contributed by atoms with van der Waals surface area (Å²) in [4.78, 5) is 51.2. The molecule has 0 spiro atoms. The number of hydrogen-bond donors (Lipinski definition) is 2. The van der Waals surface area contributed by atoms with Gasteiger partial charge >= 0.3 is 6.43 Å². The van der Waals surface area contributed by atoms with Crippen LogP contribution in [0.1, 0.15) is 82.0 Å². The highest BCUT2D eigenvalue weighted by molar-refractivity contribution is 6.31. The van der Waals surface area contributed by atoms with Crippen LogP contribution in [0.3, 0.4) is 0 Å². The van der Waals surface area contributed by atoms with Gasteiger partial charge in [0.15, 0.2) is 11.6 Å². The third-order valence-corrected chi connectivity index (χ3v) is 10.1. The molecule has 15 heteroatoms. The quantitative estimate of drug-likeness (QED) is 0.123. The van der Waals surface area contributed by atoms with E-state index in [9.17, 15) is 31.9 Å². The van der Waals surface area contributed by atoms with E-state index in [4.69, 9.17) is 28.9 Å². The second-order valence-electron chi connectivity index (χ2n) is 12.7. The Morgan fingerprint density at radius 1 is 0.725 bits per heavy atom. The number of halogens is 6. The first kappa shape index (κ1) is 37.9. The number of nitrogens with zero attached hydrogens (tertiary/aromatic N) is 4. The minimum atomic E-state index is -3.18. The summed E-state index contributed by atoms with van der Waals surface area (Å²) in [6.45, 7) is -0.612. The van der Waals surface area contributed by atoms with E-state index >= 15 is 0 Å². The van der Waals surface area contributed by atoms with Crippen LogP contribution in [0, 0.1) is 11.6 Å². The molecule has 3 N–H and O–H groups in total. The van der Waals surface area contributed by atoms with Crippen molar-refractivity contribution < 1.29 is 31.9 Å². The van der Waals surface area contributed by atoms with Gasteiger partial charge in [0.05, 0.1) is 24.2 Å². The van der Waals surface area contributed by atoms with E-state index < -0.39 is 30.5 Å². The lowest BCUT2D eigenvalue weighted by Crippen LogP contribution is -2.37. The molecule has 2 fully saturated rings. The first-order chi connectivity index (χ1) is 24.3. The first-order valence-corrected chi connectivity index (χ1v) is 17.0. The molecular formula is C36H34Cl2F4N6O3. The third kappa shape index (κ3) is 8.95. The Kier molecular flexibility index (Phi) is 12.2. The predicted molar refractivity (Wildman–Crippen MR) is 182 cm³/mol. The molecule has 268 valence electrons. The normalized spacial score (nSPS) is 15.5. The summed E-state index contributed by atoms with van der Waals surface area (Å²) >= 11 is 12.5. The topological polar surface area (TPSA) is 141 Å². The monoisotopic (exact) mass is 744 g/mol. The number of nitrogens with one attached hydrogen (secondary N) is 1. The van der Waals surface area contributed by atoms with Crippen LogP contribution in [-0.2, 0) is 28.5 Å². The molecule has 0 unspecified atom stereocenters. The van der Waals surface area contributed by atoms with Crippen LogP contribution in [0.5, 0.6) is 0 Å². The Hall–Kier alpha value is -4.33. The summed E-state index contributed by atoms with van der Waals surface area (Å²) in [5.74, 6) is -1.85. The molecule has 1 amide bonds. The van der Waals surface area contributed by atoms with Gasteiger partial charge in [0.25, 0.3) is 5.91 Å². The number of aromatic nitrogens is 4. The molecule has 9 nitrogen and oxygen atoms in total. The van der Waals surface area contributed by atoms with Gasteiger partial charge < -0.3 is 11.1 Å². The Morgan fingerprint density at radius 3 is 1.47 bits per heavy atom. The Morgan fingerprint density at radius 2 is 1.14 bits per heavy atom. The number of ketones is 2. The molecule has 0 radical (unpaired) electrons. The minimum absolute atomic E-state index is 0.0577. The molecule has 6 rings (SSSR count). The van der Waals surface area contributed by atoms with Crippen molar-refractivity contribution in [2.24, 2.45) is 5.73 Å². The Bertz CT molecular complexity index is 1890. The summed E-state index contributed by atoms with van der Waals surface area (Å²) in [6.07, 6.45) is 9.31. The number of amides is 1. The molecule has 2 heterocycles. The van der Waals surface area contributed by atoms with Gasteiger partial charge in [0, 0.05) is 58.5 Å². The summed E-state index contributed by atoms with van der Waals surface area (Å²) in [5.41, 5.74) is 7.22. The van der Waals surface area contributed by atoms with Crippen LogP contribution < -0.4 is 11.1 Å². The standard InChI is InChI=1S/C19H17ClF3N3O2.C17H17ClFN3O/c20-14-6-12(21)2-3-13(14)19(4-1-5-19)7-16-24-8-11(9-25-16)15(27)10-26-18(28)17(22)23;18-14-6-12(19)2-3-13(14)17(4-1-5-17)7-16-21-9-11(10-22-16)15(23)8-20/h2-3,6,8-9,17H,1,4-5,7,10H2,(H,26,28);2-3,6,9-10H,1,4-5,7-8,20H2. The number of hydrogen-bond acceptors (Lipinski definition) is 8. The number of carbonyl (C=O) groups is 3. The van der Waals surface area contributed by atoms with Crippen molar-refractivity contribution in [2.45, 2.75) is 68.6 Å². The van der Waals surface area contributed by atoms with Crippen LogP contribution >= 0.6 is 23.2 Å². The molecule has 2 aliphatic rings. The van der Waals surface area contributed by atoms with E-state index in [2.05, 4.69) is 19.9 Å². The largest absolute Gasteiger partial charge is 0.344 e. The van der Waals surface area contributed by atoms with Gasteiger partial charge in [-0.2, -0.15) is 8.78 Å². The maximum absolute atomic E-state index is 13.4. The number of nitrogens with two attached hydrogens (primary N) is 1. The molecule has 2 saturated carbocycles. The summed E-state index contributed by atoms with van der Waals surface area (Å²) in [5, 5.41) is 2.65. The Labute approximate surface area is 301 Å². The van der Waals surface area contributed by atoms with E-state index in [0.717, 1.165) is 49.7 Å².